The van der Waals surface area contributed by atoms with Gasteiger partial charge in [0.05, 0.1) is 19.8 Å². The molecule has 2 heterocycles. The number of unbranched alkanes of at least 4 members (excludes halogenated alkanes) is 12. The number of rotatable bonds is 26. The molecule has 15 nitrogen and oxygen atoms in total. The second-order valence-electron chi connectivity index (χ2n) is 13.4. The van der Waals surface area contributed by atoms with Crippen molar-refractivity contribution >= 4 is 11.9 Å². The van der Waals surface area contributed by atoms with E-state index in [2.05, 4.69) is 13.8 Å². The van der Waals surface area contributed by atoms with Crippen LogP contribution >= 0.6 is 0 Å². The second kappa shape index (κ2) is 25.5. The molecular formula is C35H64O15. The number of aliphatic hydroxyl groups excluding tert-OH is 7. The average Bonchev–Trinajstić information content (AvgIpc) is 3.11. The highest BCUT2D eigenvalue weighted by molar-refractivity contribution is 5.70. The Labute approximate surface area is 296 Å². The Balaban J connectivity index is 1.91. The minimum Gasteiger partial charge on any atom is -0.462 e. The van der Waals surface area contributed by atoms with Gasteiger partial charge >= 0.3 is 11.9 Å². The van der Waals surface area contributed by atoms with E-state index >= 15 is 0 Å². The van der Waals surface area contributed by atoms with Crippen LogP contribution in [-0.4, -0.2) is 142 Å². The lowest BCUT2D eigenvalue weighted by Crippen LogP contribution is -2.61. The molecule has 0 aromatic rings. The van der Waals surface area contributed by atoms with Gasteiger partial charge in [0, 0.05) is 12.8 Å². The summed E-state index contributed by atoms with van der Waals surface area (Å²) in [6.07, 6.45) is -1.76. The summed E-state index contributed by atoms with van der Waals surface area (Å²) in [5.41, 5.74) is 0. The van der Waals surface area contributed by atoms with Crippen molar-refractivity contribution in [3.8, 4) is 0 Å². The molecule has 2 fully saturated rings. The number of aliphatic hydroxyl groups is 7. The van der Waals surface area contributed by atoms with Crippen molar-refractivity contribution in [1.82, 2.24) is 0 Å². The minimum absolute atomic E-state index is 0.169. The quantitative estimate of drug-likeness (QED) is 0.0493. The van der Waals surface area contributed by atoms with Crippen LogP contribution in [0.5, 0.6) is 0 Å². The maximum Gasteiger partial charge on any atom is 0.306 e. The summed E-state index contributed by atoms with van der Waals surface area (Å²) >= 11 is 0. The van der Waals surface area contributed by atoms with Crippen molar-refractivity contribution in [1.29, 1.82) is 0 Å². The molecule has 0 saturated carbocycles. The number of hydrogen-bond donors (Lipinski definition) is 7. The summed E-state index contributed by atoms with van der Waals surface area (Å²) in [6.45, 7) is 2.39. The molecule has 2 rings (SSSR count). The molecule has 11 unspecified atom stereocenters. The van der Waals surface area contributed by atoms with Crippen molar-refractivity contribution < 1.29 is 73.8 Å². The van der Waals surface area contributed by atoms with Crippen LogP contribution < -0.4 is 0 Å². The Morgan fingerprint density at radius 1 is 0.560 bits per heavy atom. The van der Waals surface area contributed by atoms with Crippen molar-refractivity contribution in [2.24, 2.45) is 0 Å². The van der Waals surface area contributed by atoms with E-state index in [1.54, 1.807) is 0 Å². The van der Waals surface area contributed by atoms with Gasteiger partial charge in [0.2, 0.25) is 0 Å². The fraction of sp³-hybridized carbons (Fsp3) is 0.943. The first-order valence-electron chi connectivity index (χ1n) is 18.6. The summed E-state index contributed by atoms with van der Waals surface area (Å²) < 4.78 is 33.0. The van der Waals surface area contributed by atoms with Crippen LogP contribution in [0.3, 0.4) is 0 Å². The Hall–Kier alpha value is -1.50. The van der Waals surface area contributed by atoms with E-state index < -0.39 is 92.7 Å². The summed E-state index contributed by atoms with van der Waals surface area (Å²) in [5.74, 6) is -0.946. The van der Waals surface area contributed by atoms with E-state index in [1.807, 2.05) is 0 Å². The molecule has 50 heavy (non-hydrogen) atoms. The predicted molar refractivity (Wildman–Crippen MR) is 178 cm³/mol. The Bertz CT molecular complexity index is 907. The van der Waals surface area contributed by atoms with Crippen LogP contribution in [-0.2, 0) is 38.0 Å². The highest BCUT2D eigenvalue weighted by atomic mass is 16.7. The van der Waals surface area contributed by atoms with Gasteiger partial charge in [-0.05, 0) is 12.8 Å². The van der Waals surface area contributed by atoms with Gasteiger partial charge in [-0.15, -0.1) is 0 Å². The summed E-state index contributed by atoms with van der Waals surface area (Å²) in [4.78, 5) is 25.1. The van der Waals surface area contributed by atoms with Gasteiger partial charge in [0.25, 0.3) is 0 Å². The molecule has 0 spiro atoms. The Morgan fingerprint density at radius 3 is 1.58 bits per heavy atom. The molecule has 7 N–H and O–H groups in total. The maximum atomic E-state index is 12.7. The summed E-state index contributed by atoms with van der Waals surface area (Å²) in [5, 5.41) is 71.2. The van der Waals surface area contributed by atoms with Crippen LogP contribution in [0.4, 0.5) is 0 Å². The number of hydrogen-bond acceptors (Lipinski definition) is 15. The fourth-order valence-electron chi connectivity index (χ4n) is 5.86. The van der Waals surface area contributed by atoms with Crippen molar-refractivity contribution in [3.05, 3.63) is 0 Å². The lowest BCUT2D eigenvalue weighted by Gasteiger charge is -2.42. The standard InChI is InChI=1S/C35H64O15/c1-3-5-7-9-10-11-12-13-14-16-18-27(38)48-23(20-45-26(37)17-15-8-6-4-2)21-46-34-33(44)31(42)29(40)25(50-34)22-47-35-32(43)30(41)28(39)24(19-36)49-35/h23-25,28-36,39-44H,3-22H2,1-2H3. The summed E-state index contributed by atoms with van der Waals surface area (Å²) in [7, 11) is 0. The van der Waals surface area contributed by atoms with E-state index in [1.165, 1.54) is 38.5 Å². The van der Waals surface area contributed by atoms with Crippen LogP contribution in [0.25, 0.3) is 0 Å². The van der Waals surface area contributed by atoms with E-state index in [9.17, 15) is 45.3 Å². The minimum atomic E-state index is -1.75. The first kappa shape index (κ1) is 44.7. The van der Waals surface area contributed by atoms with Gasteiger partial charge in [-0.1, -0.05) is 90.9 Å². The zero-order valence-corrected chi connectivity index (χ0v) is 29.9. The first-order valence-corrected chi connectivity index (χ1v) is 18.6. The monoisotopic (exact) mass is 724 g/mol. The molecule has 0 radical (unpaired) electrons. The number of esters is 2. The van der Waals surface area contributed by atoms with Crippen LogP contribution in [0.2, 0.25) is 0 Å². The van der Waals surface area contributed by atoms with E-state index in [4.69, 9.17) is 28.4 Å². The Kier molecular flexibility index (Phi) is 22.8. The van der Waals surface area contributed by atoms with Gasteiger partial charge in [-0.25, -0.2) is 0 Å². The molecule has 15 heteroatoms. The molecule has 0 aliphatic carbocycles. The number of carbonyl (C=O) groups is 2. The van der Waals surface area contributed by atoms with Crippen LogP contribution in [0.15, 0.2) is 0 Å². The third-order valence-corrected chi connectivity index (χ3v) is 9.09. The molecule has 11 atom stereocenters. The normalized spacial score (nSPS) is 30.6. The molecule has 2 aliphatic heterocycles. The van der Waals surface area contributed by atoms with Gasteiger partial charge < -0.3 is 64.2 Å². The SMILES string of the molecule is CCCCCCCCCCCCC(=O)OC(COC(=O)CCCCCC)COC1OC(COC2OC(CO)C(O)C(O)C2O)C(O)C(O)C1O. The van der Waals surface area contributed by atoms with Gasteiger partial charge in [0.1, 0.15) is 55.4 Å². The van der Waals surface area contributed by atoms with Crippen LogP contribution in [0, 0.1) is 0 Å². The van der Waals surface area contributed by atoms with Crippen molar-refractivity contribution in [2.75, 3.05) is 26.4 Å². The average molecular weight is 725 g/mol. The molecular weight excluding hydrogens is 660 g/mol. The molecule has 2 saturated heterocycles. The highest BCUT2D eigenvalue weighted by Crippen LogP contribution is 2.26. The van der Waals surface area contributed by atoms with Crippen molar-refractivity contribution in [2.45, 2.75) is 184 Å². The molecule has 2 aliphatic rings. The molecule has 0 amide bonds. The predicted octanol–water partition coefficient (Wildman–Crippen LogP) is 1.36. The summed E-state index contributed by atoms with van der Waals surface area (Å²) in [6, 6.07) is 0. The second-order valence-corrected chi connectivity index (χ2v) is 13.4. The third kappa shape index (κ3) is 16.0. The zero-order valence-electron chi connectivity index (χ0n) is 29.9. The smallest absolute Gasteiger partial charge is 0.306 e. The lowest BCUT2D eigenvalue weighted by atomic mass is 9.98. The molecule has 0 aromatic carbocycles. The van der Waals surface area contributed by atoms with E-state index in [-0.39, 0.29) is 26.1 Å². The molecule has 0 aromatic heterocycles. The highest BCUT2D eigenvalue weighted by Gasteiger charge is 2.47. The topological polar surface area (TPSA) is 231 Å². The molecule has 0 bridgehead atoms. The van der Waals surface area contributed by atoms with Gasteiger partial charge in [-0.3, -0.25) is 9.59 Å². The zero-order chi connectivity index (χ0) is 36.9. The lowest BCUT2D eigenvalue weighted by molar-refractivity contribution is -0.332. The largest absolute Gasteiger partial charge is 0.462 e. The third-order valence-electron chi connectivity index (χ3n) is 9.09. The van der Waals surface area contributed by atoms with E-state index in [0.717, 1.165) is 38.5 Å². The number of carbonyl (C=O) groups excluding carboxylic acids is 2. The number of ether oxygens (including phenoxy) is 6. The first-order chi connectivity index (χ1) is 24.0. The van der Waals surface area contributed by atoms with Crippen molar-refractivity contribution in [3.63, 3.8) is 0 Å². The molecule has 294 valence electrons. The van der Waals surface area contributed by atoms with Gasteiger partial charge in [0.15, 0.2) is 18.7 Å². The van der Waals surface area contributed by atoms with Gasteiger partial charge in [-0.2, -0.15) is 0 Å². The van der Waals surface area contributed by atoms with E-state index in [0.29, 0.717) is 12.8 Å². The fourth-order valence-corrected chi connectivity index (χ4v) is 5.86. The Morgan fingerprint density at radius 2 is 1.02 bits per heavy atom. The maximum absolute atomic E-state index is 12.7. The van der Waals surface area contributed by atoms with Crippen LogP contribution in [0.1, 0.15) is 117 Å².